The van der Waals surface area contributed by atoms with Gasteiger partial charge in [0.1, 0.15) is 0 Å². The van der Waals surface area contributed by atoms with Gasteiger partial charge in [-0.2, -0.15) is 0 Å². The Morgan fingerprint density at radius 1 is 1.25 bits per heavy atom. The van der Waals surface area contributed by atoms with Gasteiger partial charge in [0.25, 0.3) is 5.91 Å². The topological polar surface area (TPSA) is 20.3 Å². The molecule has 2 unspecified atom stereocenters. The van der Waals surface area contributed by atoms with E-state index < -0.39 is 0 Å². The highest BCUT2D eigenvalue weighted by Crippen LogP contribution is 2.26. The molecule has 0 saturated carbocycles. The highest BCUT2D eigenvalue weighted by Gasteiger charge is 2.27. The number of benzene rings is 1. The van der Waals surface area contributed by atoms with Crippen molar-refractivity contribution in [1.29, 1.82) is 0 Å². The van der Waals surface area contributed by atoms with E-state index >= 15 is 0 Å². The predicted octanol–water partition coefficient (Wildman–Crippen LogP) is 4.23. The van der Waals surface area contributed by atoms with Crippen molar-refractivity contribution in [2.75, 3.05) is 13.1 Å². The summed E-state index contributed by atoms with van der Waals surface area (Å²) in [5.41, 5.74) is 2.19. The van der Waals surface area contributed by atoms with Gasteiger partial charge in [-0.3, -0.25) is 4.79 Å². The maximum Gasteiger partial charge on any atom is 0.253 e. The monoisotopic (exact) mass is 337 g/mol. The van der Waals surface area contributed by atoms with E-state index in [-0.39, 0.29) is 11.3 Å². The first kappa shape index (κ1) is 15.6. The Hall–Kier alpha value is -0.830. The number of alkyl halides is 1. The van der Waals surface area contributed by atoms with Gasteiger partial charge in [-0.1, -0.05) is 55.8 Å². The van der Waals surface area contributed by atoms with E-state index in [1.807, 2.05) is 17.0 Å². The number of hydrogen-bond donors (Lipinski definition) is 0. The molecule has 0 bridgehead atoms. The van der Waals surface area contributed by atoms with Crippen molar-refractivity contribution in [3.8, 4) is 0 Å². The molecule has 20 heavy (non-hydrogen) atoms. The fraction of sp³-hybridized carbons (Fsp3) is 0.588. The Labute approximate surface area is 130 Å². The molecule has 2 atom stereocenters. The zero-order chi connectivity index (χ0) is 14.9. The predicted molar refractivity (Wildman–Crippen MR) is 87.5 cm³/mol. The summed E-state index contributed by atoms with van der Waals surface area (Å²) in [7, 11) is 0. The van der Waals surface area contributed by atoms with Crippen LogP contribution in [0.2, 0.25) is 0 Å². The fourth-order valence-corrected chi connectivity index (χ4v) is 3.12. The first-order valence-electron chi connectivity index (χ1n) is 7.33. The molecule has 2 rings (SSSR count). The number of amides is 1. The molecule has 0 aromatic heterocycles. The summed E-state index contributed by atoms with van der Waals surface area (Å²) >= 11 is 3.68. The molecule has 1 aliphatic rings. The van der Waals surface area contributed by atoms with Crippen LogP contribution in [-0.4, -0.2) is 28.7 Å². The van der Waals surface area contributed by atoms with Crippen molar-refractivity contribution in [2.45, 2.75) is 44.4 Å². The van der Waals surface area contributed by atoms with E-state index in [1.54, 1.807) is 0 Å². The molecule has 1 aliphatic heterocycles. The third-order valence-corrected chi connectivity index (χ3v) is 5.34. The molecule has 110 valence electrons. The lowest BCUT2D eigenvalue weighted by Crippen LogP contribution is -2.43. The van der Waals surface area contributed by atoms with Crippen molar-refractivity contribution in [1.82, 2.24) is 4.90 Å². The van der Waals surface area contributed by atoms with Gasteiger partial charge in [0.15, 0.2) is 0 Å². The number of carbonyl (C=O) groups is 1. The molecule has 0 spiro atoms. The van der Waals surface area contributed by atoms with Crippen LogP contribution in [0.5, 0.6) is 0 Å². The van der Waals surface area contributed by atoms with E-state index in [0.717, 1.165) is 25.1 Å². The second-order valence-corrected chi connectivity index (χ2v) is 8.04. The van der Waals surface area contributed by atoms with Gasteiger partial charge in [0.2, 0.25) is 0 Å². The third kappa shape index (κ3) is 3.43. The first-order valence-corrected chi connectivity index (χ1v) is 8.24. The quantitative estimate of drug-likeness (QED) is 0.702. The Morgan fingerprint density at radius 3 is 2.35 bits per heavy atom. The summed E-state index contributed by atoms with van der Waals surface area (Å²) in [6.07, 6.45) is 1.07. The molecule has 1 aromatic rings. The summed E-state index contributed by atoms with van der Waals surface area (Å²) in [5, 5.41) is 0. The smallest absolute Gasteiger partial charge is 0.253 e. The molecular weight excluding hydrogens is 314 g/mol. The largest absolute Gasteiger partial charge is 0.338 e. The Balaban J connectivity index is 2.10. The van der Waals surface area contributed by atoms with Gasteiger partial charge in [0.05, 0.1) is 0 Å². The molecular formula is C17H24BrNO. The van der Waals surface area contributed by atoms with Gasteiger partial charge < -0.3 is 4.90 Å². The molecule has 1 saturated heterocycles. The normalized spacial score (nSPS) is 23.8. The van der Waals surface area contributed by atoms with Gasteiger partial charge >= 0.3 is 0 Å². The van der Waals surface area contributed by atoms with Crippen molar-refractivity contribution in [3.05, 3.63) is 35.4 Å². The molecule has 0 N–H and O–H groups in total. The Kier molecular flexibility index (Phi) is 4.58. The molecule has 1 fully saturated rings. The molecule has 3 heteroatoms. The van der Waals surface area contributed by atoms with Crippen molar-refractivity contribution in [2.24, 2.45) is 5.92 Å². The molecule has 2 nitrogen and oxygen atoms in total. The molecule has 1 heterocycles. The van der Waals surface area contributed by atoms with Gasteiger partial charge in [0, 0.05) is 23.5 Å². The maximum atomic E-state index is 12.5. The lowest BCUT2D eigenvalue weighted by atomic mass is 9.86. The minimum atomic E-state index is 0.128. The average Bonchev–Trinajstić information content (AvgIpc) is 2.40. The van der Waals surface area contributed by atoms with Crippen molar-refractivity contribution >= 4 is 21.8 Å². The van der Waals surface area contributed by atoms with Crippen molar-refractivity contribution in [3.63, 3.8) is 0 Å². The van der Waals surface area contributed by atoms with Crippen LogP contribution >= 0.6 is 15.9 Å². The van der Waals surface area contributed by atoms with E-state index in [9.17, 15) is 4.79 Å². The third-order valence-electron chi connectivity index (χ3n) is 4.15. The standard InChI is InChI=1S/C17H24BrNO/c1-12-9-10-19(11-15(12)18)16(20)13-5-7-14(8-6-13)17(2,3)4/h5-8,12,15H,9-11H2,1-4H3. The molecule has 0 aliphatic carbocycles. The minimum absolute atomic E-state index is 0.128. The first-order chi connectivity index (χ1) is 9.29. The second kappa shape index (κ2) is 5.88. The maximum absolute atomic E-state index is 12.5. The number of halogens is 1. The zero-order valence-corrected chi connectivity index (χ0v) is 14.4. The molecule has 1 aromatic carbocycles. The van der Waals surface area contributed by atoms with Crippen LogP contribution in [0.25, 0.3) is 0 Å². The number of likely N-dealkylation sites (tertiary alicyclic amines) is 1. The van der Waals surface area contributed by atoms with Gasteiger partial charge in [-0.25, -0.2) is 0 Å². The Morgan fingerprint density at radius 2 is 1.85 bits per heavy atom. The number of piperidine rings is 1. The second-order valence-electron chi connectivity index (χ2n) is 6.86. The molecule has 1 amide bonds. The van der Waals surface area contributed by atoms with Gasteiger partial charge in [-0.05, 0) is 35.4 Å². The summed E-state index contributed by atoms with van der Waals surface area (Å²) < 4.78 is 0. The van der Waals surface area contributed by atoms with Crippen LogP contribution in [0.15, 0.2) is 24.3 Å². The average molecular weight is 338 g/mol. The lowest BCUT2D eigenvalue weighted by Gasteiger charge is -2.34. The highest BCUT2D eigenvalue weighted by molar-refractivity contribution is 9.09. The molecule has 0 radical (unpaired) electrons. The number of nitrogens with zero attached hydrogens (tertiary/aromatic N) is 1. The van der Waals surface area contributed by atoms with E-state index in [0.29, 0.717) is 10.7 Å². The lowest BCUT2D eigenvalue weighted by molar-refractivity contribution is 0.0706. The van der Waals surface area contributed by atoms with Gasteiger partial charge in [-0.15, -0.1) is 0 Å². The summed E-state index contributed by atoms with van der Waals surface area (Å²) in [5.74, 6) is 0.795. The Bertz CT molecular complexity index is 475. The van der Waals surface area contributed by atoms with Crippen LogP contribution in [0, 0.1) is 5.92 Å². The van der Waals surface area contributed by atoms with Crippen molar-refractivity contribution < 1.29 is 4.79 Å². The van der Waals surface area contributed by atoms with Crippen LogP contribution in [0.4, 0.5) is 0 Å². The summed E-state index contributed by atoms with van der Waals surface area (Å²) in [4.78, 5) is 14.9. The number of hydrogen-bond acceptors (Lipinski definition) is 1. The number of carbonyl (C=O) groups excluding carboxylic acids is 1. The van der Waals surface area contributed by atoms with Crippen LogP contribution in [-0.2, 0) is 5.41 Å². The van der Waals surface area contributed by atoms with Crippen LogP contribution in [0.3, 0.4) is 0 Å². The number of rotatable bonds is 1. The van der Waals surface area contributed by atoms with Crippen LogP contribution < -0.4 is 0 Å². The van der Waals surface area contributed by atoms with E-state index in [1.165, 1.54) is 5.56 Å². The summed E-state index contributed by atoms with van der Waals surface area (Å²) in [6, 6.07) is 8.07. The fourth-order valence-electron chi connectivity index (χ4n) is 2.50. The zero-order valence-electron chi connectivity index (χ0n) is 12.8. The van der Waals surface area contributed by atoms with E-state index in [2.05, 4.69) is 55.8 Å². The van der Waals surface area contributed by atoms with E-state index in [4.69, 9.17) is 0 Å². The SMILES string of the molecule is CC1CCN(C(=O)c2ccc(C(C)(C)C)cc2)CC1Br. The highest BCUT2D eigenvalue weighted by atomic mass is 79.9. The summed E-state index contributed by atoms with van der Waals surface area (Å²) in [6.45, 7) is 10.5. The minimum Gasteiger partial charge on any atom is -0.338 e. The van der Waals surface area contributed by atoms with Crippen LogP contribution in [0.1, 0.15) is 50.0 Å².